The van der Waals surface area contributed by atoms with Gasteiger partial charge in [-0.25, -0.2) is 0 Å². The zero-order valence-corrected chi connectivity index (χ0v) is 16.0. The lowest BCUT2D eigenvalue weighted by Crippen LogP contribution is -2.60. The summed E-state index contributed by atoms with van der Waals surface area (Å²) in [5.41, 5.74) is 3.06. The first-order valence-electron chi connectivity index (χ1n) is 9.44. The third-order valence-electron chi connectivity index (χ3n) is 5.16. The second kappa shape index (κ2) is 8.82. The molecule has 27 heavy (non-hydrogen) atoms. The average molecular weight is 365 g/mol. The summed E-state index contributed by atoms with van der Waals surface area (Å²) in [6.07, 6.45) is 0.889. The molecule has 1 saturated heterocycles. The number of piperazine rings is 1. The molecule has 5 nitrogen and oxygen atoms in total. The summed E-state index contributed by atoms with van der Waals surface area (Å²) in [6.45, 7) is 4.55. The summed E-state index contributed by atoms with van der Waals surface area (Å²) in [5.74, 6) is -0.0453. The number of nitrogens with zero attached hydrogens (tertiary/aromatic N) is 2. The lowest BCUT2D eigenvalue weighted by Gasteiger charge is -2.40. The monoisotopic (exact) mass is 365 g/mol. The van der Waals surface area contributed by atoms with Gasteiger partial charge in [-0.15, -0.1) is 0 Å². The minimum Gasteiger partial charge on any atom is -0.358 e. The van der Waals surface area contributed by atoms with E-state index >= 15 is 0 Å². The fourth-order valence-corrected chi connectivity index (χ4v) is 3.48. The number of aryl methyl sites for hydroxylation is 1. The highest BCUT2D eigenvalue weighted by Gasteiger charge is 2.33. The number of hydrogen-bond donors (Lipinski definition) is 1. The number of benzene rings is 2. The van der Waals surface area contributed by atoms with Crippen LogP contribution in [0.1, 0.15) is 21.5 Å². The molecule has 3 rings (SSSR count). The minimum atomic E-state index is -0.318. The number of carbonyl (C=O) groups excluding carboxylic acids is 2. The van der Waals surface area contributed by atoms with Gasteiger partial charge in [0.25, 0.3) is 5.91 Å². The van der Waals surface area contributed by atoms with Crippen molar-refractivity contribution in [2.75, 3.05) is 33.2 Å². The zero-order chi connectivity index (χ0) is 19.2. The first-order valence-corrected chi connectivity index (χ1v) is 9.44. The van der Waals surface area contributed by atoms with Gasteiger partial charge in [-0.1, -0.05) is 48.0 Å². The molecule has 0 bridgehead atoms. The summed E-state index contributed by atoms with van der Waals surface area (Å²) < 4.78 is 0. The van der Waals surface area contributed by atoms with Crippen molar-refractivity contribution in [1.29, 1.82) is 0 Å². The van der Waals surface area contributed by atoms with Crippen molar-refractivity contribution in [2.24, 2.45) is 0 Å². The van der Waals surface area contributed by atoms with E-state index < -0.39 is 0 Å². The van der Waals surface area contributed by atoms with Crippen LogP contribution in [0.2, 0.25) is 0 Å². The molecule has 2 aromatic carbocycles. The van der Waals surface area contributed by atoms with Gasteiger partial charge in [0, 0.05) is 38.8 Å². The van der Waals surface area contributed by atoms with Gasteiger partial charge in [0.15, 0.2) is 0 Å². The van der Waals surface area contributed by atoms with Crippen molar-refractivity contribution in [1.82, 2.24) is 15.1 Å². The highest BCUT2D eigenvalue weighted by Crippen LogP contribution is 2.15. The Bertz CT molecular complexity index is 774. The maximum Gasteiger partial charge on any atom is 0.253 e. The van der Waals surface area contributed by atoms with Crippen LogP contribution in [0.25, 0.3) is 0 Å². The summed E-state index contributed by atoms with van der Waals surface area (Å²) in [7, 11) is 1.65. The maximum atomic E-state index is 12.8. The van der Waals surface area contributed by atoms with E-state index in [-0.39, 0.29) is 17.9 Å². The molecular formula is C22H27N3O2. The van der Waals surface area contributed by atoms with E-state index in [0.29, 0.717) is 25.2 Å². The lowest BCUT2D eigenvalue weighted by atomic mass is 10.1. The predicted molar refractivity (Wildman–Crippen MR) is 107 cm³/mol. The van der Waals surface area contributed by atoms with Gasteiger partial charge in [0.05, 0.1) is 0 Å². The summed E-state index contributed by atoms with van der Waals surface area (Å²) in [5, 5.41) is 2.75. The van der Waals surface area contributed by atoms with Crippen LogP contribution in [-0.4, -0.2) is 60.9 Å². The van der Waals surface area contributed by atoms with Crippen LogP contribution < -0.4 is 5.32 Å². The van der Waals surface area contributed by atoms with E-state index in [2.05, 4.69) is 22.3 Å². The minimum absolute atomic E-state index is 0.00777. The third-order valence-corrected chi connectivity index (χ3v) is 5.16. The fraction of sp³-hybridized carbons (Fsp3) is 0.364. The predicted octanol–water partition coefficient (Wildman–Crippen LogP) is 2.11. The van der Waals surface area contributed by atoms with Crippen molar-refractivity contribution >= 4 is 11.8 Å². The van der Waals surface area contributed by atoms with E-state index in [4.69, 9.17) is 0 Å². The van der Waals surface area contributed by atoms with Crippen LogP contribution in [0.5, 0.6) is 0 Å². The summed E-state index contributed by atoms with van der Waals surface area (Å²) in [6, 6.07) is 17.6. The zero-order valence-electron chi connectivity index (χ0n) is 16.0. The van der Waals surface area contributed by atoms with Crippen molar-refractivity contribution < 1.29 is 9.59 Å². The quantitative estimate of drug-likeness (QED) is 0.883. The van der Waals surface area contributed by atoms with E-state index in [1.54, 1.807) is 11.9 Å². The van der Waals surface area contributed by atoms with Crippen LogP contribution in [0, 0.1) is 6.92 Å². The van der Waals surface area contributed by atoms with Crippen molar-refractivity contribution in [3.05, 3.63) is 71.3 Å². The molecular weight excluding hydrogens is 338 g/mol. The standard InChI is InChI=1S/C22H27N3O2/c1-17-8-10-19(11-9-17)22(27)25-15-14-24(20(16-25)21(26)23-2)13-12-18-6-4-3-5-7-18/h3-11,20H,12-16H2,1-2H3,(H,23,26). The van der Waals surface area contributed by atoms with Gasteiger partial charge < -0.3 is 10.2 Å². The lowest BCUT2D eigenvalue weighted by molar-refractivity contribution is -0.127. The van der Waals surface area contributed by atoms with Crippen LogP contribution >= 0.6 is 0 Å². The van der Waals surface area contributed by atoms with E-state index in [0.717, 1.165) is 18.5 Å². The SMILES string of the molecule is CNC(=O)C1CN(C(=O)c2ccc(C)cc2)CCN1CCc1ccccc1. The Morgan fingerprint density at radius 1 is 1.04 bits per heavy atom. The molecule has 142 valence electrons. The van der Waals surface area contributed by atoms with Crippen molar-refractivity contribution in [3.8, 4) is 0 Å². The Morgan fingerprint density at radius 3 is 2.41 bits per heavy atom. The molecule has 0 saturated carbocycles. The number of hydrogen-bond acceptors (Lipinski definition) is 3. The van der Waals surface area contributed by atoms with Gasteiger partial charge in [0.1, 0.15) is 6.04 Å². The highest BCUT2D eigenvalue weighted by molar-refractivity contribution is 5.95. The van der Waals surface area contributed by atoms with Crippen molar-refractivity contribution in [3.63, 3.8) is 0 Å². The normalized spacial score (nSPS) is 17.6. The summed E-state index contributed by atoms with van der Waals surface area (Å²) in [4.78, 5) is 29.3. The van der Waals surface area contributed by atoms with Crippen LogP contribution in [-0.2, 0) is 11.2 Å². The number of carbonyl (C=O) groups is 2. The molecule has 1 N–H and O–H groups in total. The number of nitrogens with one attached hydrogen (secondary N) is 1. The van der Waals surface area contributed by atoms with Crippen LogP contribution in [0.15, 0.2) is 54.6 Å². The number of amides is 2. The largest absolute Gasteiger partial charge is 0.358 e. The van der Waals surface area contributed by atoms with Crippen LogP contribution in [0.4, 0.5) is 0 Å². The Morgan fingerprint density at radius 2 is 1.74 bits per heavy atom. The van der Waals surface area contributed by atoms with E-state index in [1.165, 1.54) is 5.56 Å². The second-order valence-electron chi connectivity index (χ2n) is 7.02. The van der Waals surface area contributed by atoms with Crippen molar-refractivity contribution in [2.45, 2.75) is 19.4 Å². The molecule has 0 spiro atoms. The topological polar surface area (TPSA) is 52.7 Å². The fourth-order valence-electron chi connectivity index (χ4n) is 3.48. The molecule has 1 atom stereocenters. The number of likely N-dealkylation sites (N-methyl/N-ethyl adjacent to an activating group) is 1. The van der Waals surface area contributed by atoms with Crippen LogP contribution in [0.3, 0.4) is 0 Å². The molecule has 0 radical (unpaired) electrons. The molecule has 1 heterocycles. The molecule has 1 aliphatic rings. The molecule has 5 heteroatoms. The molecule has 0 aromatic heterocycles. The first kappa shape index (κ1) is 19.1. The third kappa shape index (κ3) is 4.74. The molecule has 2 amide bonds. The Hall–Kier alpha value is -2.66. The highest BCUT2D eigenvalue weighted by atomic mass is 16.2. The summed E-state index contributed by atoms with van der Waals surface area (Å²) >= 11 is 0. The van der Waals surface area contributed by atoms with Gasteiger partial charge in [-0.05, 0) is 31.0 Å². The smallest absolute Gasteiger partial charge is 0.253 e. The first-order chi connectivity index (χ1) is 13.1. The Labute approximate surface area is 161 Å². The van der Waals surface area contributed by atoms with E-state index in [1.807, 2.05) is 49.4 Å². The average Bonchev–Trinajstić information content (AvgIpc) is 2.72. The van der Waals surface area contributed by atoms with E-state index in [9.17, 15) is 9.59 Å². The Kier molecular flexibility index (Phi) is 6.24. The molecule has 2 aromatic rings. The van der Waals surface area contributed by atoms with Gasteiger partial charge in [-0.2, -0.15) is 0 Å². The molecule has 0 aliphatic carbocycles. The maximum absolute atomic E-state index is 12.8. The molecule has 1 fully saturated rings. The molecule has 1 unspecified atom stereocenters. The van der Waals surface area contributed by atoms with Gasteiger partial charge >= 0.3 is 0 Å². The van der Waals surface area contributed by atoms with Gasteiger partial charge in [-0.3, -0.25) is 14.5 Å². The Balaban J connectivity index is 1.67. The molecule has 1 aliphatic heterocycles. The number of rotatable bonds is 5. The second-order valence-corrected chi connectivity index (χ2v) is 7.02. The van der Waals surface area contributed by atoms with Gasteiger partial charge in [0.2, 0.25) is 5.91 Å².